The van der Waals surface area contributed by atoms with Crippen LogP contribution in [0.4, 0.5) is 0 Å². The van der Waals surface area contributed by atoms with Crippen LogP contribution in [-0.2, 0) is 25.7 Å². The van der Waals surface area contributed by atoms with Crippen molar-refractivity contribution in [1.29, 1.82) is 0 Å². The summed E-state index contributed by atoms with van der Waals surface area (Å²) in [6, 6.07) is 18.8. The number of fused-ring (bicyclic) bond motifs is 1. The lowest BCUT2D eigenvalue weighted by Crippen LogP contribution is -2.21. The maximum absolute atomic E-state index is 10.0. The van der Waals surface area contributed by atoms with E-state index < -0.39 is 5.60 Å². The number of aliphatic hydroxyl groups is 1. The van der Waals surface area contributed by atoms with Crippen LogP contribution in [-0.4, -0.2) is 15.7 Å². The van der Waals surface area contributed by atoms with E-state index >= 15 is 0 Å². The van der Waals surface area contributed by atoms with Gasteiger partial charge in [-0.15, -0.1) is 0 Å². The lowest BCUT2D eigenvalue weighted by Gasteiger charge is -2.17. The molecule has 2 nitrogen and oxygen atoms in total. The first kappa shape index (κ1) is 19.2. The van der Waals surface area contributed by atoms with E-state index in [2.05, 4.69) is 36.4 Å². The average Bonchev–Trinajstić information content (AvgIpc) is 3.11. The summed E-state index contributed by atoms with van der Waals surface area (Å²) in [7, 11) is 0. The zero-order valence-electron chi connectivity index (χ0n) is 16.5. The van der Waals surface area contributed by atoms with Crippen molar-refractivity contribution >= 4 is 11.6 Å². The van der Waals surface area contributed by atoms with Gasteiger partial charge in [-0.25, -0.2) is 0 Å². The van der Waals surface area contributed by atoms with Crippen LogP contribution >= 0.6 is 11.6 Å². The predicted octanol–water partition coefficient (Wildman–Crippen LogP) is 5.79. The molecule has 0 bridgehead atoms. The molecule has 0 atom stereocenters. The van der Waals surface area contributed by atoms with Gasteiger partial charge in [0.05, 0.1) is 11.3 Å². The lowest BCUT2D eigenvalue weighted by molar-refractivity contribution is 0.0810. The molecular weight excluding hydrogens is 366 g/mol. The van der Waals surface area contributed by atoms with Gasteiger partial charge < -0.3 is 5.11 Å². The van der Waals surface area contributed by atoms with E-state index in [0.717, 1.165) is 41.1 Å². The van der Waals surface area contributed by atoms with Gasteiger partial charge in [-0.1, -0.05) is 48.0 Å². The Morgan fingerprint density at radius 3 is 2.46 bits per heavy atom. The van der Waals surface area contributed by atoms with E-state index in [1.165, 1.54) is 28.8 Å². The van der Waals surface area contributed by atoms with Gasteiger partial charge in [-0.3, -0.25) is 4.98 Å². The van der Waals surface area contributed by atoms with Gasteiger partial charge >= 0.3 is 0 Å². The smallest absolute Gasteiger partial charge is 0.0708 e. The third-order valence-corrected chi connectivity index (χ3v) is 5.55. The molecule has 0 fully saturated rings. The zero-order chi connectivity index (χ0) is 19.7. The summed E-state index contributed by atoms with van der Waals surface area (Å²) in [5.74, 6) is 0. The number of aromatic nitrogens is 1. The Labute approximate surface area is 172 Å². The second-order valence-electron chi connectivity index (χ2n) is 8.44. The summed E-state index contributed by atoms with van der Waals surface area (Å²) in [4.78, 5) is 4.93. The number of aryl methyl sites for hydroxylation is 1. The molecule has 0 saturated heterocycles. The Morgan fingerprint density at radius 2 is 1.75 bits per heavy atom. The Kier molecular flexibility index (Phi) is 5.27. The first-order chi connectivity index (χ1) is 13.4. The van der Waals surface area contributed by atoms with E-state index in [-0.39, 0.29) is 0 Å². The van der Waals surface area contributed by atoms with Crippen molar-refractivity contribution in [2.24, 2.45) is 0 Å². The van der Waals surface area contributed by atoms with Gasteiger partial charge in [-0.05, 0) is 80.0 Å². The van der Waals surface area contributed by atoms with Crippen molar-refractivity contribution in [3.8, 4) is 11.3 Å². The molecule has 0 amide bonds. The maximum atomic E-state index is 10.0. The largest absolute Gasteiger partial charge is 0.390 e. The van der Waals surface area contributed by atoms with Crippen LogP contribution < -0.4 is 0 Å². The van der Waals surface area contributed by atoms with Crippen molar-refractivity contribution in [2.75, 3.05) is 0 Å². The van der Waals surface area contributed by atoms with Crippen molar-refractivity contribution in [1.82, 2.24) is 4.98 Å². The molecule has 2 aromatic carbocycles. The summed E-state index contributed by atoms with van der Waals surface area (Å²) in [5.41, 5.74) is 7.89. The van der Waals surface area contributed by atoms with Gasteiger partial charge in [0.1, 0.15) is 0 Å². The molecule has 3 aromatic rings. The van der Waals surface area contributed by atoms with Gasteiger partial charge in [-0.2, -0.15) is 0 Å². The highest BCUT2D eigenvalue weighted by Crippen LogP contribution is 2.31. The molecule has 144 valence electrons. The monoisotopic (exact) mass is 391 g/mol. The number of halogens is 1. The third-order valence-electron chi connectivity index (χ3n) is 5.32. The molecule has 0 aliphatic heterocycles. The van der Waals surface area contributed by atoms with E-state index in [1.807, 2.05) is 32.0 Å². The zero-order valence-corrected chi connectivity index (χ0v) is 17.3. The van der Waals surface area contributed by atoms with Crippen LogP contribution in [0.25, 0.3) is 11.3 Å². The fourth-order valence-electron chi connectivity index (χ4n) is 4.07. The summed E-state index contributed by atoms with van der Waals surface area (Å²) < 4.78 is 0. The molecule has 0 spiro atoms. The second-order valence-corrected chi connectivity index (χ2v) is 8.87. The molecule has 1 aliphatic rings. The highest BCUT2D eigenvalue weighted by atomic mass is 35.5. The standard InChI is InChI=1S/C25H26ClNO/c1-25(2,28)16-18-11-9-17(10-12-18)13-20-15-24(19-5-3-6-21(26)14-19)27-23-8-4-7-22(20)23/h3,5-6,9-12,14-15,28H,4,7-8,13,16H2,1-2H3. The minimum atomic E-state index is -0.681. The Balaban J connectivity index is 1.64. The molecule has 1 aromatic heterocycles. The fourth-order valence-corrected chi connectivity index (χ4v) is 4.26. The van der Waals surface area contributed by atoms with E-state index in [9.17, 15) is 5.11 Å². The maximum Gasteiger partial charge on any atom is 0.0708 e. The summed E-state index contributed by atoms with van der Waals surface area (Å²) in [6.45, 7) is 3.69. The van der Waals surface area contributed by atoms with Gasteiger partial charge in [0, 0.05) is 22.7 Å². The summed E-state index contributed by atoms with van der Waals surface area (Å²) in [5, 5.41) is 10.8. The SMILES string of the molecule is CC(C)(O)Cc1ccc(Cc2cc(-c3cccc(Cl)c3)nc3c2CCC3)cc1. The molecule has 1 aliphatic carbocycles. The Bertz CT molecular complexity index is 986. The van der Waals surface area contributed by atoms with Crippen molar-refractivity contribution < 1.29 is 5.11 Å². The molecule has 0 unspecified atom stereocenters. The molecule has 28 heavy (non-hydrogen) atoms. The van der Waals surface area contributed by atoms with Crippen molar-refractivity contribution in [3.05, 3.63) is 87.6 Å². The van der Waals surface area contributed by atoms with Gasteiger partial charge in [0.25, 0.3) is 0 Å². The number of hydrogen-bond acceptors (Lipinski definition) is 2. The van der Waals surface area contributed by atoms with Crippen LogP contribution in [0, 0.1) is 0 Å². The van der Waals surface area contributed by atoms with Crippen LogP contribution in [0.3, 0.4) is 0 Å². The first-order valence-corrected chi connectivity index (χ1v) is 10.3. The summed E-state index contributed by atoms with van der Waals surface area (Å²) in [6.07, 6.45) is 4.92. The van der Waals surface area contributed by atoms with Crippen LogP contribution in [0.15, 0.2) is 54.6 Å². The molecule has 1 N–H and O–H groups in total. The Morgan fingerprint density at radius 1 is 1.00 bits per heavy atom. The summed E-state index contributed by atoms with van der Waals surface area (Å²) >= 11 is 6.20. The minimum Gasteiger partial charge on any atom is -0.390 e. The van der Waals surface area contributed by atoms with Crippen LogP contribution in [0.2, 0.25) is 5.02 Å². The van der Waals surface area contributed by atoms with E-state index in [4.69, 9.17) is 16.6 Å². The van der Waals surface area contributed by atoms with Gasteiger partial charge in [0.15, 0.2) is 0 Å². The molecule has 0 saturated carbocycles. The van der Waals surface area contributed by atoms with Crippen molar-refractivity contribution in [2.45, 2.75) is 51.6 Å². The fraction of sp³-hybridized carbons (Fsp3) is 0.320. The molecule has 0 radical (unpaired) electrons. The van der Waals surface area contributed by atoms with E-state index in [0.29, 0.717) is 6.42 Å². The van der Waals surface area contributed by atoms with E-state index in [1.54, 1.807) is 0 Å². The number of nitrogens with zero attached hydrogens (tertiary/aromatic N) is 1. The van der Waals surface area contributed by atoms with Crippen molar-refractivity contribution in [3.63, 3.8) is 0 Å². The molecular formula is C25H26ClNO. The first-order valence-electron chi connectivity index (χ1n) is 9.95. The topological polar surface area (TPSA) is 33.1 Å². The number of rotatable bonds is 5. The van der Waals surface area contributed by atoms with Crippen LogP contribution in [0.5, 0.6) is 0 Å². The highest BCUT2D eigenvalue weighted by molar-refractivity contribution is 6.30. The number of benzene rings is 2. The molecule has 1 heterocycles. The molecule has 3 heteroatoms. The quantitative estimate of drug-likeness (QED) is 0.596. The van der Waals surface area contributed by atoms with Crippen LogP contribution in [0.1, 0.15) is 48.2 Å². The average molecular weight is 392 g/mol. The lowest BCUT2D eigenvalue weighted by atomic mass is 9.94. The number of pyridine rings is 1. The predicted molar refractivity (Wildman–Crippen MR) is 116 cm³/mol. The Hall–Kier alpha value is -2.16. The third kappa shape index (κ3) is 4.45. The van der Waals surface area contributed by atoms with Gasteiger partial charge in [0.2, 0.25) is 0 Å². The highest BCUT2D eigenvalue weighted by Gasteiger charge is 2.19. The normalized spacial score (nSPS) is 13.6. The second kappa shape index (κ2) is 7.69. The number of hydrogen-bond donors (Lipinski definition) is 1. The molecule has 4 rings (SSSR count). The minimum absolute atomic E-state index is 0.664.